The summed E-state index contributed by atoms with van der Waals surface area (Å²) in [6.07, 6.45) is 3.92. The van der Waals surface area contributed by atoms with E-state index in [4.69, 9.17) is 0 Å². The van der Waals surface area contributed by atoms with Gasteiger partial charge < -0.3 is 10.4 Å². The molecule has 0 radical (unpaired) electrons. The second-order valence-electron chi connectivity index (χ2n) is 5.55. The van der Waals surface area contributed by atoms with E-state index in [1.807, 2.05) is 0 Å². The number of piperidine rings is 1. The summed E-state index contributed by atoms with van der Waals surface area (Å²) >= 11 is 0. The van der Waals surface area contributed by atoms with Crippen LogP contribution in [0.15, 0.2) is 0 Å². The van der Waals surface area contributed by atoms with Gasteiger partial charge in [-0.3, -0.25) is 4.90 Å². The highest BCUT2D eigenvalue weighted by molar-refractivity contribution is 4.90. The van der Waals surface area contributed by atoms with Gasteiger partial charge in [0.1, 0.15) is 0 Å². The predicted molar refractivity (Wildman–Crippen MR) is 68.6 cm³/mol. The molecule has 1 aliphatic heterocycles. The minimum absolute atomic E-state index is 0.158. The van der Waals surface area contributed by atoms with Crippen molar-refractivity contribution in [3.8, 4) is 0 Å². The van der Waals surface area contributed by atoms with Crippen LogP contribution in [-0.4, -0.2) is 47.3 Å². The normalized spacial score (nSPS) is 31.3. The molecule has 3 nitrogen and oxygen atoms in total. The average Bonchev–Trinajstić information content (AvgIpc) is 2.24. The molecule has 0 aliphatic carbocycles. The Kier molecular flexibility index (Phi) is 5.22. The fraction of sp³-hybridized carbons (Fsp3) is 1.00. The molecule has 1 heterocycles. The summed E-state index contributed by atoms with van der Waals surface area (Å²) in [5.41, 5.74) is -0.158. The maximum absolute atomic E-state index is 9.53. The highest BCUT2D eigenvalue weighted by Crippen LogP contribution is 2.24. The van der Waals surface area contributed by atoms with Gasteiger partial charge in [-0.15, -0.1) is 0 Å². The monoisotopic (exact) mass is 228 g/mol. The molecule has 0 aromatic carbocycles. The van der Waals surface area contributed by atoms with Crippen LogP contribution in [0.2, 0.25) is 0 Å². The van der Waals surface area contributed by atoms with Crippen molar-refractivity contribution in [2.75, 3.05) is 19.7 Å². The van der Waals surface area contributed by atoms with Crippen LogP contribution in [0, 0.1) is 0 Å². The topological polar surface area (TPSA) is 35.5 Å². The molecule has 0 aromatic rings. The van der Waals surface area contributed by atoms with Gasteiger partial charge in [0.15, 0.2) is 0 Å². The maximum Gasteiger partial charge on any atom is 0.0623 e. The summed E-state index contributed by atoms with van der Waals surface area (Å²) < 4.78 is 0. The summed E-state index contributed by atoms with van der Waals surface area (Å²) in [6.45, 7) is 10.9. The lowest BCUT2D eigenvalue weighted by Gasteiger charge is -2.44. The quantitative estimate of drug-likeness (QED) is 0.750. The third-order valence-electron chi connectivity index (χ3n) is 3.86. The third-order valence-corrected chi connectivity index (χ3v) is 3.86. The molecular weight excluding hydrogens is 200 g/mol. The van der Waals surface area contributed by atoms with E-state index in [0.29, 0.717) is 12.1 Å². The van der Waals surface area contributed by atoms with E-state index in [0.717, 1.165) is 13.1 Å². The van der Waals surface area contributed by atoms with E-state index in [-0.39, 0.29) is 12.1 Å². The highest BCUT2D eigenvalue weighted by Gasteiger charge is 2.32. The molecule has 1 aliphatic rings. The van der Waals surface area contributed by atoms with Crippen molar-refractivity contribution in [2.45, 2.75) is 64.6 Å². The third kappa shape index (κ3) is 3.44. The molecule has 0 spiro atoms. The Morgan fingerprint density at radius 2 is 1.88 bits per heavy atom. The average molecular weight is 228 g/mol. The minimum atomic E-state index is -0.158. The Morgan fingerprint density at radius 3 is 2.31 bits per heavy atom. The molecule has 3 atom stereocenters. The van der Waals surface area contributed by atoms with E-state index in [1.54, 1.807) is 0 Å². The molecule has 3 heteroatoms. The summed E-state index contributed by atoms with van der Waals surface area (Å²) in [5.74, 6) is 0. The van der Waals surface area contributed by atoms with E-state index in [9.17, 15) is 5.11 Å². The lowest BCUT2D eigenvalue weighted by Crippen LogP contribution is -2.58. The van der Waals surface area contributed by atoms with Gasteiger partial charge >= 0.3 is 0 Å². The van der Waals surface area contributed by atoms with Gasteiger partial charge in [0.05, 0.1) is 12.1 Å². The number of rotatable bonds is 5. The van der Waals surface area contributed by atoms with Crippen molar-refractivity contribution < 1.29 is 5.11 Å². The van der Waals surface area contributed by atoms with Crippen molar-refractivity contribution in [3.63, 3.8) is 0 Å². The number of nitrogens with zero attached hydrogens (tertiary/aromatic N) is 1. The van der Waals surface area contributed by atoms with E-state index >= 15 is 0 Å². The maximum atomic E-state index is 9.53. The molecule has 2 N–H and O–H groups in total. The van der Waals surface area contributed by atoms with Crippen molar-refractivity contribution in [2.24, 2.45) is 0 Å². The van der Waals surface area contributed by atoms with Gasteiger partial charge in [0.25, 0.3) is 0 Å². The van der Waals surface area contributed by atoms with Crippen molar-refractivity contribution >= 4 is 0 Å². The fourth-order valence-corrected chi connectivity index (χ4v) is 2.78. The van der Waals surface area contributed by atoms with Crippen LogP contribution < -0.4 is 5.32 Å². The number of aliphatic hydroxyl groups excluding tert-OH is 1. The molecule has 1 unspecified atom stereocenters. The van der Waals surface area contributed by atoms with Gasteiger partial charge in [-0.25, -0.2) is 0 Å². The first-order valence-electron chi connectivity index (χ1n) is 6.64. The van der Waals surface area contributed by atoms with Crippen LogP contribution in [0.3, 0.4) is 0 Å². The van der Waals surface area contributed by atoms with Crippen LogP contribution in [0.5, 0.6) is 0 Å². The molecule has 0 saturated carbocycles. The van der Waals surface area contributed by atoms with Crippen molar-refractivity contribution in [1.29, 1.82) is 0 Å². The Balaban J connectivity index is 2.61. The Labute approximate surface area is 100 Å². The molecule has 96 valence electrons. The fourth-order valence-electron chi connectivity index (χ4n) is 2.78. The first-order valence-corrected chi connectivity index (χ1v) is 6.64. The second-order valence-corrected chi connectivity index (χ2v) is 5.55. The summed E-state index contributed by atoms with van der Waals surface area (Å²) in [6, 6.07) is 1.29. The van der Waals surface area contributed by atoms with Crippen LogP contribution in [0.25, 0.3) is 0 Å². The van der Waals surface area contributed by atoms with Gasteiger partial charge in [-0.2, -0.15) is 0 Å². The van der Waals surface area contributed by atoms with E-state index in [1.165, 1.54) is 19.3 Å². The molecule has 0 amide bonds. The standard InChI is InChI=1S/C13H28N2O/c1-5-14-13(4,10-16)9-15-11(2)7-6-8-12(15)3/h11-12,14,16H,5-10H2,1-4H3/t11-,12+,13?. The van der Waals surface area contributed by atoms with Crippen LogP contribution in [0.1, 0.15) is 47.0 Å². The number of hydrogen-bond donors (Lipinski definition) is 2. The SMILES string of the molecule is CCNC(C)(CO)CN1[C@H](C)CCC[C@@H]1C. The number of likely N-dealkylation sites (tertiary alicyclic amines) is 1. The first-order chi connectivity index (χ1) is 7.52. The van der Waals surface area contributed by atoms with Gasteiger partial charge in [-0.1, -0.05) is 13.3 Å². The number of hydrogen-bond acceptors (Lipinski definition) is 3. The molecule has 1 fully saturated rings. The Morgan fingerprint density at radius 1 is 1.31 bits per heavy atom. The summed E-state index contributed by atoms with van der Waals surface area (Å²) in [4.78, 5) is 2.54. The largest absolute Gasteiger partial charge is 0.394 e. The smallest absolute Gasteiger partial charge is 0.0623 e. The lowest BCUT2D eigenvalue weighted by molar-refractivity contribution is 0.0482. The first kappa shape index (κ1) is 13.9. The zero-order chi connectivity index (χ0) is 12.2. The number of aliphatic hydroxyl groups is 1. The summed E-state index contributed by atoms with van der Waals surface area (Å²) in [7, 11) is 0. The predicted octanol–water partition coefficient (Wildman–Crippen LogP) is 1.61. The van der Waals surface area contributed by atoms with Crippen LogP contribution in [0.4, 0.5) is 0 Å². The van der Waals surface area contributed by atoms with Gasteiger partial charge in [0.2, 0.25) is 0 Å². The van der Waals surface area contributed by atoms with Crippen LogP contribution >= 0.6 is 0 Å². The zero-order valence-corrected chi connectivity index (χ0v) is 11.3. The van der Waals surface area contributed by atoms with Crippen LogP contribution in [-0.2, 0) is 0 Å². The second kappa shape index (κ2) is 5.99. The van der Waals surface area contributed by atoms with Gasteiger partial charge in [-0.05, 0) is 40.2 Å². The molecule has 0 bridgehead atoms. The van der Waals surface area contributed by atoms with E-state index < -0.39 is 0 Å². The van der Waals surface area contributed by atoms with Crippen molar-refractivity contribution in [3.05, 3.63) is 0 Å². The zero-order valence-electron chi connectivity index (χ0n) is 11.3. The van der Waals surface area contributed by atoms with E-state index in [2.05, 4.69) is 37.9 Å². The molecule has 1 rings (SSSR count). The number of likely N-dealkylation sites (N-methyl/N-ethyl adjacent to an activating group) is 1. The number of nitrogens with one attached hydrogen (secondary N) is 1. The molecule has 0 aromatic heterocycles. The lowest BCUT2D eigenvalue weighted by atomic mass is 9.93. The van der Waals surface area contributed by atoms with Crippen molar-refractivity contribution in [1.82, 2.24) is 10.2 Å². The van der Waals surface area contributed by atoms with Gasteiger partial charge in [0, 0.05) is 18.6 Å². The summed E-state index contributed by atoms with van der Waals surface area (Å²) in [5, 5.41) is 12.9. The Bertz CT molecular complexity index is 200. The molecule has 1 saturated heterocycles. The minimum Gasteiger partial charge on any atom is -0.394 e. The highest BCUT2D eigenvalue weighted by atomic mass is 16.3. The molecule has 16 heavy (non-hydrogen) atoms. The molecular formula is C13H28N2O. The Hall–Kier alpha value is -0.120.